The lowest BCUT2D eigenvalue weighted by atomic mass is 10.3. The van der Waals surface area contributed by atoms with Crippen LogP contribution in [0.4, 0.5) is 0 Å². The van der Waals surface area contributed by atoms with Crippen molar-refractivity contribution in [2.24, 2.45) is 11.8 Å². The molecule has 0 spiro atoms. The van der Waals surface area contributed by atoms with Crippen LogP contribution in [0.25, 0.3) is 0 Å². The summed E-state index contributed by atoms with van der Waals surface area (Å²) < 4.78 is 11.1. The molecule has 154 valence electrons. The highest BCUT2D eigenvalue weighted by molar-refractivity contribution is 6.30. The lowest BCUT2D eigenvalue weighted by Gasteiger charge is -2.19. The number of hydrogen-bond donors (Lipinski definition) is 1. The predicted molar refractivity (Wildman–Crippen MR) is 112 cm³/mol. The molecule has 1 N–H and O–H groups in total. The highest BCUT2D eigenvalue weighted by atomic mass is 35.5. The van der Waals surface area contributed by atoms with Crippen LogP contribution in [-0.4, -0.2) is 54.7 Å². The van der Waals surface area contributed by atoms with Crippen molar-refractivity contribution in [3.05, 3.63) is 52.6 Å². The molecule has 1 aromatic heterocycles. The lowest BCUT2D eigenvalue weighted by molar-refractivity contribution is -0.123. The zero-order chi connectivity index (χ0) is 20.2. The normalized spacial score (nSPS) is 22.8. The minimum absolute atomic E-state index is 0.0252. The highest BCUT2D eigenvalue weighted by Crippen LogP contribution is 2.45. The van der Waals surface area contributed by atoms with Crippen LogP contribution in [0.15, 0.2) is 42.6 Å². The summed E-state index contributed by atoms with van der Waals surface area (Å²) in [7, 11) is 0. The van der Waals surface area contributed by atoms with Crippen LogP contribution < -0.4 is 14.8 Å². The Morgan fingerprint density at radius 2 is 1.79 bits per heavy atom. The third-order valence-electron chi connectivity index (χ3n) is 5.35. The van der Waals surface area contributed by atoms with Crippen LogP contribution in [0.2, 0.25) is 10.0 Å². The number of carbonyl (C=O) groups is 1. The van der Waals surface area contributed by atoms with Crippen molar-refractivity contribution in [3.8, 4) is 11.6 Å². The Bertz CT molecular complexity index is 820. The Morgan fingerprint density at radius 3 is 2.48 bits per heavy atom. The van der Waals surface area contributed by atoms with Crippen molar-refractivity contribution < 1.29 is 14.3 Å². The molecule has 2 fully saturated rings. The van der Waals surface area contributed by atoms with Crippen LogP contribution in [0, 0.1) is 11.8 Å². The van der Waals surface area contributed by atoms with E-state index in [2.05, 4.69) is 15.2 Å². The summed E-state index contributed by atoms with van der Waals surface area (Å²) in [6.07, 6.45) is 2.52. The number of fused-ring (bicyclic) bond motifs is 1. The van der Waals surface area contributed by atoms with Gasteiger partial charge in [0.1, 0.15) is 5.75 Å². The molecule has 2 aromatic rings. The van der Waals surface area contributed by atoms with E-state index >= 15 is 0 Å². The highest BCUT2D eigenvalue weighted by Gasteiger charge is 2.56. The van der Waals surface area contributed by atoms with Crippen LogP contribution in [-0.2, 0) is 4.79 Å². The molecule has 29 heavy (non-hydrogen) atoms. The molecule has 2 heterocycles. The molecule has 1 aliphatic heterocycles. The van der Waals surface area contributed by atoms with Crippen molar-refractivity contribution in [3.63, 3.8) is 0 Å². The maximum atomic E-state index is 12.1. The van der Waals surface area contributed by atoms with Gasteiger partial charge in [-0.15, -0.1) is 0 Å². The molecule has 0 unspecified atom stereocenters. The summed E-state index contributed by atoms with van der Waals surface area (Å²) in [5, 5.41) is 4.34. The largest absolute Gasteiger partial charge is 0.484 e. The van der Waals surface area contributed by atoms with Crippen LogP contribution >= 0.6 is 23.2 Å². The maximum absolute atomic E-state index is 12.1. The summed E-state index contributed by atoms with van der Waals surface area (Å²) in [5.74, 6) is 2.27. The van der Waals surface area contributed by atoms with E-state index in [0.717, 1.165) is 26.1 Å². The Morgan fingerprint density at radius 1 is 1.07 bits per heavy atom. The maximum Gasteiger partial charge on any atom is 0.258 e. The van der Waals surface area contributed by atoms with Gasteiger partial charge in [0.2, 0.25) is 5.88 Å². The topological polar surface area (TPSA) is 63.7 Å². The summed E-state index contributed by atoms with van der Waals surface area (Å²) in [4.78, 5) is 18.7. The van der Waals surface area contributed by atoms with Gasteiger partial charge in [-0.05, 0) is 48.6 Å². The molecule has 6 nitrogen and oxygen atoms in total. The summed E-state index contributed by atoms with van der Waals surface area (Å²) >= 11 is 11.6. The van der Waals surface area contributed by atoms with Crippen molar-refractivity contribution in [2.45, 2.75) is 12.5 Å². The third kappa shape index (κ3) is 5.53. The molecule has 4 rings (SSSR count). The zero-order valence-electron chi connectivity index (χ0n) is 15.9. The molecule has 8 heteroatoms. The van der Waals surface area contributed by atoms with E-state index in [1.165, 1.54) is 0 Å². The van der Waals surface area contributed by atoms with E-state index in [-0.39, 0.29) is 18.6 Å². The summed E-state index contributed by atoms with van der Waals surface area (Å²) in [5.41, 5.74) is 0. The minimum atomic E-state index is -0.0743. The molecular weight excluding hydrogens is 413 g/mol. The van der Waals surface area contributed by atoms with Gasteiger partial charge in [-0.1, -0.05) is 23.2 Å². The fraction of sp³-hybridized carbons (Fsp3) is 0.429. The van der Waals surface area contributed by atoms with Gasteiger partial charge in [0.25, 0.3) is 5.91 Å². The van der Waals surface area contributed by atoms with E-state index < -0.39 is 0 Å². The monoisotopic (exact) mass is 435 g/mol. The number of halogens is 2. The number of aromatic nitrogens is 1. The van der Waals surface area contributed by atoms with E-state index in [4.69, 9.17) is 32.7 Å². The first-order valence-electron chi connectivity index (χ1n) is 9.73. The van der Waals surface area contributed by atoms with Crippen molar-refractivity contribution in [2.75, 3.05) is 32.8 Å². The first-order valence-corrected chi connectivity index (χ1v) is 10.5. The molecule has 1 aliphatic carbocycles. The van der Waals surface area contributed by atoms with E-state index in [1.54, 1.807) is 42.6 Å². The van der Waals surface area contributed by atoms with Crippen LogP contribution in [0.3, 0.4) is 0 Å². The zero-order valence-corrected chi connectivity index (χ0v) is 17.4. The van der Waals surface area contributed by atoms with Crippen LogP contribution in [0.5, 0.6) is 11.6 Å². The number of benzene rings is 1. The molecule has 3 atom stereocenters. The fourth-order valence-electron chi connectivity index (χ4n) is 3.83. The van der Waals surface area contributed by atoms with Crippen molar-refractivity contribution >= 4 is 29.1 Å². The minimum Gasteiger partial charge on any atom is -0.484 e. The Kier molecular flexibility index (Phi) is 6.43. The molecule has 0 bridgehead atoms. The molecule has 1 aromatic carbocycles. The van der Waals surface area contributed by atoms with E-state index in [9.17, 15) is 4.79 Å². The fourth-order valence-corrected chi connectivity index (χ4v) is 4.07. The number of nitrogens with zero attached hydrogens (tertiary/aromatic N) is 2. The molecule has 1 saturated carbocycles. The first kappa shape index (κ1) is 20.3. The second-order valence-electron chi connectivity index (χ2n) is 7.44. The Labute approximate surface area is 180 Å². The predicted octanol–water partition coefficient (Wildman–Crippen LogP) is 3.28. The smallest absolute Gasteiger partial charge is 0.258 e. The quantitative estimate of drug-likeness (QED) is 0.612. The van der Waals surface area contributed by atoms with Gasteiger partial charge in [-0.2, -0.15) is 0 Å². The van der Waals surface area contributed by atoms with Gasteiger partial charge in [0.15, 0.2) is 6.61 Å². The number of piperidine rings is 1. The molecular formula is C21H23Cl2N3O3. The Balaban J connectivity index is 1.08. The number of rotatable bonds is 9. The van der Waals surface area contributed by atoms with Gasteiger partial charge < -0.3 is 19.7 Å². The second kappa shape index (κ2) is 9.20. The molecule has 2 aliphatic rings. The second-order valence-corrected chi connectivity index (χ2v) is 8.31. The van der Waals surface area contributed by atoms with Gasteiger partial charge in [0, 0.05) is 43.0 Å². The van der Waals surface area contributed by atoms with E-state index in [1.807, 2.05) is 0 Å². The van der Waals surface area contributed by atoms with Gasteiger partial charge >= 0.3 is 0 Å². The number of ether oxygens (including phenoxy) is 2. The van der Waals surface area contributed by atoms with Gasteiger partial charge in [0.05, 0.1) is 11.6 Å². The van der Waals surface area contributed by atoms with Gasteiger partial charge in [-0.25, -0.2) is 4.98 Å². The van der Waals surface area contributed by atoms with Crippen molar-refractivity contribution in [1.82, 2.24) is 15.2 Å². The summed E-state index contributed by atoms with van der Waals surface area (Å²) in [6.45, 7) is 3.68. The van der Waals surface area contributed by atoms with Gasteiger partial charge in [-0.3, -0.25) is 4.79 Å². The SMILES string of the molecule is O=C(COc1ccc(Cl)cc1)N[C@H]1[C@@H]2CN(CCCOc3ccc(Cl)cn3)C[C@@H]21. The lowest BCUT2D eigenvalue weighted by Crippen LogP contribution is -2.37. The average molecular weight is 436 g/mol. The van der Waals surface area contributed by atoms with E-state index in [0.29, 0.717) is 40.1 Å². The Hall–Kier alpha value is -2.02. The number of likely N-dealkylation sites (tertiary alicyclic amines) is 1. The summed E-state index contributed by atoms with van der Waals surface area (Å²) in [6, 6.07) is 10.8. The number of hydrogen-bond acceptors (Lipinski definition) is 5. The number of amides is 1. The van der Waals surface area contributed by atoms with Crippen LogP contribution in [0.1, 0.15) is 6.42 Å². The number of pyridine rings is 1. The first-order chi connectivity index (χ1) is 14.1. The van der Waals surface area contributed by atoms with Crippen molar-refractivity contribution in [1.29, 1.82) is 0 Å². The number of nitrogens with one attached hydrogen (secondary N) is 1. The third-order valence-corrected chi connectivity index (χ3v) is 5.83. The molecule has 1 saturated heterocycles. The average Bonchev–Trinajstić information content (AvgIpc) is 3.15. The number of carbonyl (C=O) groups excluding carboxylic acids is 1. The standard InChI is InChI=1S/C21H23Cl2N3O3/c22-14-2-5-16(6-3-14)29-13-19(27)25-21-17-11-26(12-18(17)21)8-1-9-28-20-7-4-15(23)10-24-20/h2-7,10,17-18,21H,1,8-9,11-13H2,(H,25,27)/t17-,18+,21+. The molecule has 0 radical (unpaired) electrons. The molecule has 1 amide bonds.